The number of Topliss-reactive ketones (excluding diaryl/α,β-unsaturated/α-hetero) is 1. The van der Waals surface area contributed by atoms with Gasteiger partial charge in [0.1, 0.15) is 17.2 Å². The SMILES string of the molecule is COc1cc2nn([C@H]3CCC(=O)C[C@@H]3C)cc2cc1C(=O)Nc1cnn2cccnc12. The predicted molar refractivity (Wildman–Crippen MR) is 114 cm³/mol. The summed E-state index contributed by atoms with van der Waals surface area (Å²) in [7, 11) is 1.53. The number of nitrogens with one attached hydrogen (secondary N) is 1. The molecule has 1 aromatic carbocycles. The van der Waals surface area contributed by atoms with Crippen molar-refractivity contribution in [1.82, 2.24) is 24.4 Å². The summed E-state index contributed by atoms with van der Waals surface area (Å²) in [5.41, 5.74) is 2.22. The van der Waals surface area contributed by atoms with Crippen molar-refractivity contribution in [3.8, 4) is 5.75 Å². The minimum Gasteiger partial charge on any atom is -0.496 e. The van der Waals surface area contributed by atoms with Crippen molar-refractivity contribution in [1.29, 1.82) is 0 Å². The van der Waals surface area contributed by atoms with Crippen LogP contribution in [0.4, 0.5) is 5.69 Å². The van der Waals surface area contributed by atoms with Crippen LogP contribution in [0.25, 0.3) is 16.6 Å². The number of aromatic nitrogens is 5. The second-order valence-corrected chi connectivity index (χ2v) is 7.95. The van der Waals surface area contributed by atoms with Crippen molar-refractivity contribution >= 4 is 33.9 Å². The van der Waals surface area contributed by atoms with Crippen molar-refractivity contribution in [2.24, 2.45) is 5.92 Å². The summed E-state index contributed by atoms with van der Waals surface area (Å²) in [6.45, 7) is 2.08. The summed E-state index contributed by atoms with van der Waals surface area (Å²) < 4.78 is 9.00. The predicted octanol–water partition coefficient (Wildman–Crippen LogP) is 3.27. The lowest BCUT2D eigenvalue weighted by Crippen LogP contribution is -2.26. The van der Waals surface area contributed by atoms with Crippen molar-refractivity contribution in [3.63, 3.8) is 0 Å². The first-order valence-corrected chi connectivity index (χ1v) is 10.2. The van der Waals surface area contributed by atoms with Gasteiger partial charge in [0.2, 0.25) is 0 Å². The number of hydrogen-bond acceptors (Lipinski definition) is 6. The normalized spacial score (nSPS) is 19.1. The van der Waals surface area contributed by atoms with Crippen molar-refractivity contribution in [3.05, 3.63) is 48.5 Å². The molecule has 0 saturated heterocycles. The first kappa shape index (κ1) is 19.2. The molecule has 1 N–H and O–H groups in total. The van der Waals surface area contributed by atoms with Crippen LogP contribution < -0.4 is 10.1 Å². The van der Waals surface area contributed by atoms with Gasteiger partial charge in [0.15, 0.2) is 5.65 Å². The molecule has 1 saturated carbocycles. The minimum absolute atomic E-state index is 0.165. The Labute approximate surface area is 178 Å². The molecule has 2 atom stereocenters. The Bertz CT molecular complexity index is 1310. The van der Waals surface area contributed by atoms with Gasteiger partial charge in [0.25, 0.3) is 5.91 Å². The Balaban J connectivity index is 1.48. The largest absolute Gasteiger partial charge is 0.496 e. The molecular weight excluding hydrogens is 396 g/mol. The van der Waals surface area contributed by atoms with E-state index in [0.717, 1.165) is 17.3 Å². The molecular formula is C22H22N6O3. The van der Waals surface area contributed by atoms with E-state index >= 15 is 0 Å². The third-order valence-electron chi connectivity index (χ3n) is 5.88. The maximum absolute atomic E-state index is 13.1. The molecule has 3 heterocycles. The van der Waals surface area contributed by atoms with Crippen LogP contribution in [0.3, 0.4) is 0 Å². The molecule has 1 aliphatic rings. The van der Waals surface area contributed by atoms with Gasteiger partial charge in [-0.25, -0.2) is 9.50 Å². The number of ether oxygens (including phenoxy) is 1. The topological polar surface area (TPSA) is 103 Å². The van der Waals surface area contributed by atoms with E-state index in [2.05, 4.69) is 22.3 Å². The van der Waals surface area contributed by atoms with Crippen molar-refractivity contribution < 1.29 is 14.3 Å². The Morgan fingerprint density at radius 1 is 1.32 bits per heavy atom. The average molecular weight is 418 g/mol. The van der Waals surface area contributed by atoms with Crippen LogP contribution in [0.2, 0.25) is 0 Å². The summed E-state index contributed by atoms with van der Waals surface area (Å²) in [6.07, 6.45) is 8.85. The molecule has 0 bridgehead atoms. The summed E-state index contributed by atoms with van der Waals surface area (Å²) in [6, 6.07) is 5.49. The fourth-order valence-corrected chi connectivity index (χ4v) is 4.28. The highest BCUT2D eigenvalue weighted by molar-refractivity contribution is 6.09. The molecule has 31 heavy (non-hydrogen) atoms. The van der Waals surface area contributed by atoms with E-state index in [9.17, 15) is 9.59 Å². The van der Waals surface area contributed by atoms with Crippen LogP contribution in [0.15, 0.2) is 43.0 Å². The average Bonchev–Trinajstić information content (AvgIpc) is 3.36. The molecule has 1 amide bonds. The van der Waals surface area contributed by atoms with Crippen LogP contribution in [-0.4, -0.2) is 43.2 Å². The number of anilines is 1. The number of hydrogen-bond donors (Lipinski definition) is 1. The third kappa shape index (κ3) is 3.41. The van der Waals surface area contributed by atoms with Crippen LogP contribution in [0.5, 0.6) is 5.75 Å². The second-order valence-electron chi connectivity index (χ2n) is 7.95. The Kier molecular flexibility index (Phi) is 4.65. The molecule has 0 aliphatic heterocycles. The zero-order valence-corrected chi connectivity index (χ0v) is 17.3. The summed E-state index contributed by atoms with van der Waals surface area (Å²) in [5.74, 6) is 0.654. The molecule has 158 valence electrons. The maximum atomic E-state index is 13.1. The van der Waals surface area contributed by atoms with E-state index in [-0.39, 0.29) is 17.9 Å². The smallest absolute Gasteiger partial charge is 0.259 e. The molecule has 4 aromatic rings. The van der Waals surface area contributed by atoms with Gasteiger partial charge in [-0.05, 0) is 24.5 Å². The lowest BCUT2D eigenvalue weighted by molar-refractivity contribution is -0.122. The quantitative estimate of drug-likeness (QED) is 0.546. The summed E-state index contributed by atoms with van der Waals surface area (Å²) in [4.78, 5) is 29.1. The van der Waals surface area contributed by atoms with Gasteiger partial charge in [-0.2, -0.15) is 10.2 Å². The monoisotopic (exact) mass is 418 g/mol. The standard InChI is InChI=1S/C22H22N6O3/c1-13-8-15(29)4-5-19(13)28-12-14-9-16(20(31-2)10-17(14)26-28)22(30)25-18-11-24-27-7-3-6-23-21(18)27/h3,6-7,9-13,19H,4-5,8H2,1-2H3,(H,25,30)/t13-,19-/m0/s1. The molecule has 1 aliphatic carbocycles. The highest BCUT2D eigenvalue weighted by atomic mass is 16.5. The first-order chi connectivity index (χ1) is 15.0. The fourth-order valence-electron chi connectivity index (χ4n) is 4.28. The van der Waals surface area contributed by atoms with E-state index < -0.39 is 0 Å². The van der Waals surface area contributed by atoms with Crippen molar-refractivity contribution in [2.75, 3.05) is 12.4 Å². The zero-order valence-electron chi connectivity index (χ0n) is 17.3. The van der Waals surface area contributed by atoms with E-state index in [0.29, 0.717) is 41.3 Å². The van der Waals surface area contributed by atoms with Crippen molar-refractivity contribution in [2.45, 2.75) is 32.2 Å². The van der Waals surface area contributed by atoms with Crippen LogP contribution in [0.1, 0.15) is 42.6 Å². The molecule has 9 nitrogen and oxygen atoms in total. The maximum Gasteiger partial charge on any atom is 0.259 e. The molecule has 5 rings (SSSR count). The van der Waals surface area contributed by atoms with E-state index in [1.807, 2.05) is 10.9 Å². The minimum atomic E-state index is -0.316. The third-order valence-corrected chi connectivity index (χ3v) is 5.88. The lowest BCUT2D eigenvalue weighted by Gasteiger charge is -2.28. The van der Waals surface area contributed by atoms with Crippen LogP contribution in [0, 0.1) is 5.92 Å². The summed E-state index contributed by atoms with van der Waals surface area (Å²) >= 11 is 0. The van der Waals surface area contributed by atoms with Gasteiger partial charge in [-0.3, -0.25) is 14.3 Å². The fraction of sp³-hybridized carbons (Fsp3) is 0.318. The van der Waals surface area contributed by atoms with Crippen LogP contribution in [-0.2, 0) is 4.79 Å². The van der Waals surface area contributed by atoms with E-state index in [1.165, 1.54) is 7.11 Å². The van der Waals surface area contributed by atoms with E-state index in [4.69, 9.17) is 9.84 Å². The Morgan fingerprint density at radius 2 is 2.19 bits per heavy atom. The number of ketones is 1. The van der Waals surface area contributed by atoms with Gasteiger partial charge >= 0.3 is 0 Å². The molecule has 0 unspecified atom stereocenters. The number of amides is 1. The van der Waals surface area contributed by atoms with Gasteiger partial charge in [-0.1, -0.05) is 6.92 Å². The van der Waals surface area contributed by atoms with Gasteiger partial charge in [0, 0.05) is 42.9 Å². The zero-order chi connectivity index (χ0) is 21.5. The number of benzene rings is 1. The van der Waals surface area contributed by atoms with E-state index in [1.54, 1.807) is 41.3 Å². The molecule has 1 fully saturated rings. The highest BCUT2D eigenvalue weighted by Gasteiger charge is 2.28. The Hall–Kier alpha value is -3.75. The first-order valence-electron chi connectivity index (χ1n) is 10.2. The highest BCUT2D eigenvalue weighted by Crippen LogP contribution is 2.34. The van der Waals surface area contributed by atoms with Gasteiger partial charge in [0.05, 0.1) is 30.4 Å². The van der Waals surface area contributed by atoms with Gasteiger partial charge in [-0.15, -0.1) is 0 Å². The number of fused-ring (bicyclic) bond motifs is 2. The second kappa shape index (κ2) is 7.50. The molecule has 0 radical (unpaired) electrons. The lowest BCUT2D eigenvalue weighted by atomic mass is 9.85. The number of methoxy groups -OCH3 is 1. The number of rotatable bonds is 4. The molecule has 3 aromatic heterocycles. The number of carbonyl (C=O) groups is 2. The van der Waals surface area contributed by atoms with Crippen LogP contribution >= 0.6 is 0 Å². The molecule has 0 spiro atoms. The molecule has 9 heteroatoms. The Morgan fingerprint density at radius 3 is 3.00 bits per heavy atom. The summed E-state index contributed by atoms with van der Waals surface area (Å²) in [5, 5.41) is 12.6. The van der Waals surface area contributed by atoms with Gasteiger partial charge < -0.3 is 10.1 Å². The number of nitrogens with zero attached hydrogens (tertiary/aromatic N) is 5. The number of carbonyl (C=O) groups excluding carboxylic acids is 2.